The molecule has 78 valence electrons. The molecule has 2 unspecified atom stereocenters. The van der Waals surface area contributed by atoms with Crippen LogP contribution in [0.3, 0.4) is 0 Å². The highest BCUT2D eigenvalue weighted by atomic mass is 32.2. The monoisotopic (exact) mass is 201 g/mol. The average molecular weight is 201 g/mol. The van der Waals surface area contributed by atoms with Crippen molar-refractivity contribution in [1.82, 2.24) is 5.32 Å². The first kappa shape index (κ1) is 11.4. The Hall–Kier alpha value is 0.310. The summed E-state index contributed by atoms with van der Waals surface area (Å²) in [5, 5.41) is 3.60. The van der Waals surface area contributed by atoms with E-state index in [0.717, 1.165) is 5.92 Å². The fraction of sp³-hybridized carbons (Fsp3) is 1.00. The molecule has 2 heteroatoms. The Balaban J connectivity index is 2.11. The van der Waals surface area contributed by atoms with Crippen molar-refractivity contribution in [2.24, 2.45) is 5.92 Å². The van der Waals surface area contributed by atoms with Crippen LogP contribution in [-0.4, -0.2) is 23.6 Å². The van der Waals surface area contributed by atoms with Crippen molar-refractivity contribution in [2.45, 2.75) is 44.8 Å². The van der Waals surface area contributed by atoms with E-state index in [4.69, 9.17) is 0 Å². The van der Waals surface area contributed by atoms with Gasteiger partial charge in [0, 0.05) is 11.3 Å². The predicted octanol–water partition coefficient (Wildman–Crippen LogP) is 2.91. The van der Waals surface area contributed by atoms with Crippen LogP contribution in [0.1, 0.15) is 40.0 Å². The van der Waals surface area contributed by atoms with Gasteiger partial charge in [-0.3, -0.25) is 0 Å². The first-order valence-electron chi connectivity index (χ1n) is 5.51. The van der Waals surface area contributed by atoms with Crippen LogP contribution in [0.15, 0.2) is 0 Å². The molecule has 1 aliphatic rings. The number of thioether (sulfide) groups is 1. The van der Waals surface area contributed by atoms with Crippen LogP contribution >= 0.6 is 11.8 Å². The molecule has 1 fully saturated rings. The van der Waals surface area contributed by atoms with Crippen molar-refractivity contribution in [1.29, 1.82) is 0 Å². The van der Waals surface area contributed by atoms with E-state index in [0.29, 0.717) is 4.75 Å². The summed E-state index contributed by atoms with van der Waals surface area (Å²) in [5.41, 5.74) is 0. The molecule has 1 heterocycles. The van der Waals surface area contributed by atoms with Crippen LogP contribution in [-0.2, 0) is 0 Å². The van der Waals surface area contributed by atoms with Gasteiger partial charge in [0.15, 0.2) is 0 Å². The molecule has 2 atom stereocenters. The van der Waals surface area contributed by atoms with Crippen LogP contribution in [0, 0.1) is 5.92 Å². The van der Waals surface area contributed by atoms with Gasteiger partial charge in [0.2, 0.25) is 0 Å². The van der Waals surface area contributed by atoms with Crippen molar-refractivity contribution < 1.29 is 0 Å². The lowest BCUT2D eigenvalue weighted by molar-refractivity contribution is 0.464. The van der Waals surface area contributed by atoms with Crippen LogP contribution in [0.2, 0.25) is 0 Å². The lowest BCUT2D eigenvalue weighted by Gasteiger charge is -2.23. The van der Waals surface area contributed by atoms with Gasteiger partial charge in [0.25, 0.3) is 0 Å². The van der Waals surface area contributed by atoms with Gasteiger partial charge >= 0.3 is 0 Å². The highest BCUT2D eigenvalue weighted by Gasteiger charge is 2.28. The zero-order chi connectivity index (χ0) is 9.73. The van der Waals surface area contributed by atoms with Crippen LogP contribution in [0.25, 0.3) is 0 Å². The molecule has 0 aromatic heterocycles. The average Bonchev–Trinajstić information content (AvgIpc) is 2.52. The molecule has 13 heavy (non-hydrogen) atoms. The topological polar surface area (TPSA) is 12.0 Å². The van der Waals surface area contributed by atoms with Gasteiger partial charge in [-0.15, -0.1) is 0 Å². The Bertz CT molecular complexity index is 141. The summed E-state index contributed by atoms with van der Waals surface area (Å²) in [6, 6.07) is 0. The molecule has 0 aromatic rings. The molecule has 0 saturated carbocycles. The minimum absolute atomic E-state index is 0.535. The second kappa shape index (κ2) is 5.26. The zero-order valence-electron chi connectivity index (χ0n) is 9.23. The minimum Gasteiger partial charge on any atom is -0.315 e. The van der Waals surface area contributed by atoms with E-state index < -0.39 is 0 Å². The minimum atomic E-state index is 0.535. The van der Waals surface area contributed by atoms with Gasteiger partial charge in [0.05, 0.1) is 0 Å². The number of rotatable bonds is 5. The van der Waals surface area contributed by atoms with Gasteiger partial charge < -0.3 is 5.32 Å². The quantitative estimate of drug-likeness (QED) is 0.734. The first-order valence-corrected chi connectivity index (χ1v) is 6.49. The van der Waals surface area contributed by atoms with Gasteiger partial charge in [-0.05, 0) is 38.0 Å². The summed E-state index contributed by atoms with van der Waals surface area (Å²) < 4.78 is 0.535. The van der Waals surface area contributed by atoms with Crippen LogP contribution in [0.4, 0.5) is 0 Å². The summed E-state index contributed by atoms with van der Waals surface area (Å²) in [6.07, 6.45) is 4.09. The molecule has 0 amide bonds. The SMILES string of the molecule is CCC(C)CNCC1(C)CCCS1. The highest BCUT2D eigenvalue weighted by molar-refractivity contribution is 8.00. The van der Waals surface area contributed by atoms with Gasteiger partial charge in [-0.25, -0.2) is 0 Å². The largest absolute Gasteiger partial charge is 0.315 e. The van der Waals surface area contributed by atoms with E-state index in [-0.39, 0.29) is 0 Å². The maximum absolute atomic E-state index is 3.60. The Morgan fingerprint density at radius 3 is 2.85 bits per heavy atom. The molecule has 1 nitrogen and oxygen atoms in total. The predicted molar refractivity (Wildman–Crippen MR) is 62.4 cm³/mol. The van der Waals surface area contributed by atoms with Crippen LogP contribution in [0.5, 0.6) is 0 Å². The van der Waals surface area contributed by atoms with E-state index >= 15 is 0 Å². The zero-order valence-corrected chi connectivity index (χ0v) is 10.0. The molecule has 0 aromatic carbocycles. The second-order valence-corrected chi connectivity index (χ2v) is 6.23. The van der Waals surface area contributed by atoms with Crippen molar-refractivity contribution in [3.63, 3.8) is 0 Å². The Labute approximate surface area is 87.1 Å². The highest BCUT2D eigenvalue weighted by Crippen LogP contribution is 2.36. The third-order valence-electron chi connectivity index (χ3n) is 2.99. The number of nitrogens with one attached hydrogen (secondary N) is 1. The fourth-order valence-electron chi connectivity index (χ4n) is 1.70. The Morgan fingerprint density at radius 2 is 2.31 bits per heavy atom. The molecule has 1 saturated heterocycles. The molecular weight excluding hydrogens is 178 g/mol. The summed E-state index contributed by atoms with van der Waals surface area (Å²) in [4.78, 5) is 0. The summed E-state index contributed by atoms with van der Waals surface area (Å²) in [6.45, 7) is 9.36. The van der Waals surface area contributed by atoms with E-state index in [1.165, 1.54) is 38.1 Å². The first-order chi connectivity index (χ1) is 6.16. The van der Waals surface area contributed by atoms with Crippen molar-refractivity contribution in [3.05, 3.63) is 0 Å². The Kier molecular flexibility index (Phi) is 4.60. The molecule has 0 aliphatic carbocycles. The normalized spacial score (nSPS) is 30.7. The molecule has 1 N–H and O–H groups in total. The Morgan fingerprint density at radius 1 is 1.54 bits per heavy atom. The van der Waals surface area contributed by atoms with Crippen molar-refractivity contribution in [2.75, 3.05) is 18.8 Å². The smallest absolute Gasteiger partial charge is 0.0256 e. The van der Waals surface area contributed by atoms with Crippen molar-refractivity contribution in [3.8, 4) is 0 Å². The van der Waals surface area contributed by atoms with E-state index in [9.17, 15) is 0 Å². The molecule has 0 spiro atoms. The second-order valence-electron chi connectivity index (χ2n) is 4.55. The third-order valence-corrected chi connectivity index (χ3v) is 4.53. The third kappa shape index (κ3) is 3.90. The number of hydrogen-bond donors (Lipinski definition) is 1. The maximum atomic E-state index is 3.60. The fourth-order valence-corrected chi connectivity index (χ4v) is 2.98. The summed E-state index contributed by atoms with van der Waals surface area (Å²) >= 11 is 2.14. The van der Waals surface area contributed by atoms with E-state index in [1.807, 2.05) is 0 Å². The molecule has 1 aliphatic heterocycles. The van der Waals surface area contributed by atoms with Gasteiger partial charge in [-0.1, -0.05) is 20.3 Å². The molecular formula is C11H23NS. The van der Waals surface area contributed by atoms with E-state index in [2.05, 4.69) is 37.8 Å². The lowest BCUT2D eigenvalue weighted by atomic mass is 10.0. The standard InChI is InChI=1S/C11H23NS/c1-4-10(2)8-12-9-11(3)6-5-7-13-11/h10,12H,4-9H2,1-3H3. The maximum Gasteiger partial charge on any atom is 0.0256 e. The molecule has 0 radical (unpaired) electrons. The summed E-state index contributed by atoms with van der Waals surface area (Å²) in [7, 11) is 0. The van der Waals surface area contributed by atoms with E-state index in [1.54, 1.807) is 0 Å². The molecule has 0 bridgehead atoms. The molecule has 1 rings (SSSR count). The van der Waals surface area contributed by atoms with Gasteiger partial charge in [-0.2, -0.15) is 11.8 Å². The van der Waals surface area contributed by atoms with Crippen LogP contribution < -0.4 is 5.32 Å². The lowest BCUT2D eigenvalue weighted by Crippen LogP contribution is -2.35. The number of hydrogen-bond acceptors (Lipinski definition) is 2. The van der Waals surface area contributed by atoms with Crippen molar-refractivity contribution >= 4 is 11.8 Å². The summed E-state index contributed by atoms with van der Waals surface area (Å²) in [5.74, 6) is 2.19. The van der Waals surface area contributed by atoms with Gasteiger partial charge in [0.1, 0.15) is 0 Å².